The number of carboxylic acid groups (broad SMARTS) is 2. The zero-order chi connectivity index (χ0) is 15.9. The van der Waals surface area contributed by atoms with Crippen LogP contribution in [0.3, 0.4) is 0 Å². The number of carboxylic acids is 2. The summed E-state index contributed by atoms with van der Waals surface area (Å²) in [7, 11) is 5.26. The minimum atomic E-state index is -1.22. The molecule has 0 spiro atoms. The van der Waals surface area contributed by atoms with Gasteiger partial charge in [0.1, 0.15) is 0 Å². The summed E-state index contributed by atoms with van der Waals surface area (Å²) in [5.74, 6) is -2.44. The van der Waals surface area contributed by atoms with Crippen LogP contribution < -0.4 is 10.2 Å². The average molecular weight is 434 g/mol. The van der Waals surface area contributed by atoms with E-state index in [0.29, 0.717) is 9.79 Å². The van der Waals surface area contributed by atoms with Crippen molar-refractivity contribution in [3.05, 3.63) is 59.7 Å². The molecule has 4 nitrogen and oxygen atoms in total. The Labute approximate surface area is 161 Å². The van der Waals surface area contributed by atoms with Gasteiger partial charge in [-0.05, 0) is 53.4 Å². The molecule has 0 atom stereocenters. The number of rotatable bonds is 7. The number of benzene rings is 2. The van der Waals surface area contributed by atoms with Crippen LogP contribution in [-0.2, 0) is 19.5 Å². The molecular weight excluding hydrogens is 426 g/mol. The summed E-state index contributed by atoms with van der Waals surface area (Å²) >= 11 is 0. The summed E-state index contributed by atoms with van der Waals surface area (Å²) in [6, 6.07) is 13.1. The maximum Gasteiger partial charge on any atom is 2.00 e. The second kappa shape index (κ2) is 10.3. The Morgan fingerprint density at radius 3 is 1.39 bits per heavy atom. The van der Waals surface area contributed by atoms with E-state index < -0.39 is 11.9 Å². The quantitative estimate of drug-likeness (QED) is 0.374. The van der Waals surface area contributed by atoms with Crippen molar-refractivity contribution >= 4 is 53.2 Å². The van der Waals surface area contributed by atoms with Crippen LogP contribution in [0.1, 0.15) is 20.7 Å². The fourth-order valence-electron chi connectivity index (χ4n) is 1.52. The zero-order valence-electron chi connectivity index (χ0n) is 11.6. The molecule has 2 aromatic carbocycles. The minimum absolute atomic E-state index is 0. The molecule has 0 aliphatic carbocycles. The first kappa shape index (κ1) is 20.4. The predicted octanol–water partition coefficient (Wildman–Crippen LogP) is 2.51. The molecule has 0 aromatic heterocycles. The van der Waals surface area contributed by atoms with Gasteiger partial charge in [0.2, 0.25) is 0 Å². The van der Waals surface area contributed by atoms with Crippen LogP contribution in [0.15, 0.2) is 58.3 Å². The number of aromatic carboxylic acids is 2. The third-order valence-corrected chi connectivity index (χ3v) is 8.63. The van der Waals surface area contributed by atoms with Gasteiger partial charge in [0.15, 0.2) is 0 Å². The van der Waals surface area contributed by atoms with E-state index >= 15 is 0 Å². The normalized spacial score (nSPS) is 9.91. The first-order chi connectivity index (χ1) is 10.6. The summed E-state index contributed by atoms with van der Waals surface area (Å²) in [4.78, 5) is 23.1. The molecule has 0 heterocycles. The minimum Gasteiger partial charge on any atom is -0.545 e. The van der Waals surface area contributed by atoms with Crippen molar-refractivity contribution in [3.63, 3.8) is 0 Å². The van der Waals surface area contributed by atoms with Crippen LogP contribution in [0.2, 0.25) is 0 Å². The molecule has 0 N–H and O–H groups in total. The smallest absolute Gasteiger partial charge is 0.545 e. The Morgan fingerprint density at radius 2 is 1.04 bits per heavy atom. The fraction of sp³-hybridized carbons (Fsp3) is 0. The van der Waals surface area contributed by atoms with E-state index in [-0.39, 0.29) is 30.6 Å². The van der Waals surface area contributed by atoms with Crippen molar-refractivity contribution in [2.24, 2.45) is 0 Å². The van der Waals surface area contributed by atoms with Crippen LogP contribution in [-0.4, -0.2) is 11.9 Å². The molecule has 0 fully saturated rings. The topological polar surface area (TPSA) is 80.3 Å². The average Bonchev–Trinajstić information content (AvgIpc) is 2.52. The van der Waals surface area contributed by atoms with Crippen LogP contribution >= 0.6 is 41.2 Å². The van der Waals surface area contributed by atoms with Gasteiger partial charge in [0.25, 0.3) is 0 Å². The monoisotopic (exact) mass is 432 g/mol. The third kappa shape index (κ3) is 6.08. The van der Waals surface area contributed by atoms with E-state index in [2.05, 4.69) is 0 Å². The third-order valence-electron chi connectivity index (χ3n) is 2.49. The Morgan fingerprint density at radius 1 is 0.696 bits per heavy atom. The zero-order valence-corrected chi connectivity index (χ0v) is 17.8. The molecule has 9 heteroatoms. The molecule has 0 saturated heterocycles. The molecule has 0 radical (unpaired) electrons. The summed E-state index contributed by atoms with van der Waals surface area (Å²) in [5.41, 5.74) is 0.279. The van der Waals surface area contributed by atoms with Crippen molar-refractivity contribution in [2.75, 3.05) is 0 Å². The summed E-state index contributed by atoms with van der Waals surface area (Å²) in [5, 5.41) is 22.0. The van der Waals surface area contributed by atoms with Crippen LogP contribution in [0.4, 0.5) is 0 Å². The van der Waals surface area contributed by atoms with Crippen molar-refractivity contribution in [3.8, 4) is 0 Å². The standard InChI is InChI=1S/C14H10O4S4.Zn/c15-13(16)9-5-1-3-7-11(9)19-21-22-20-12-8-4-2-6-10(12)14(17)18;/h1-8H,(H,15,16)(H,17,18);/q;+2/p-2. The van der Waals surface area contributed by atoms with Gasteiger partial charge in [0.05, 0.1) is 11.9 Å². The number of carbonyl (C=O) groups is 2. The van der Waals surface area contributed by atoms with Gasteiger partial charge in [-0.25, -0.2) is 0 Å². The predicted molar refractivity (Wildman–Crippen MR) is 88.4 cm³/mol. The Kier molecular flexibility index (Phi) is 9.16. The maximum atomic E-state index is 11.0. The van der Waals surface area contributed by atoms with Gasteiger partial charge < -0.3 is 19.8 Å². The molecule has 0 bridgehead atoms. The number of hydrogen-bond acceptors (Lipinski definition) is 8. The molecule has 23 heavy (non-hydrogen) atoms. The van der Waals surface area contributed by atoms with E-state index in [1.807, 2.05) is 0 Å². The molecule has 0 unspecified atom stereocenters. The Hall–Kier alpha value is -0.597. The van der Waals surface area contributed by atoms with Gasteiger partial charge >= 0.3 is 19.5 Å². The van der Waals surface area contributed by atoms with E-state index in [1.54, 1.807) is 36.4 Å². The summed E-state index contributed by atoms with van der Waals surface area (Å²) in [6.07, 6.45) is 0. The molecule has 0 amide bonds. The molecular formula is C14H8O4S4Zn. The van der Waals surface area contributed by atoms with E-state index in [9.17, 15) is 19.8 Å². The van der Waals surface area contributed by atoms with Gasteiger partial charge in [-0.2, -0.15) is 0 Å². The van der Waals surface area contributed by atoms with Gasteiger partial charge in [-0.3, -0.25) is 0 Å². The molecule has 0 saturated carbocycles. The van der Waals surface area contributed by atoms with Crippen molar-refractivity contribution < 1.29 is 39.3 Å². The second-order valence-corrected chi connectivity index (χ2v) is 9.62. The number of hydrogen-bond donors (Lipinski definition) is 0. The maximum absolute atomic E-state index is 11.0. The summed E-state index contributed by atoms with van der Waals surface area (Å²) in [6.45, 7) is 0. The van der Waals surface area contributed by atoms with E-state index in [0.717, 1.165) is 0 Å². The Balaban J connectivity index is 0.00000264. The SMILES string of the molecule is O=C([O-])c1ccccc1SSSSc1ccccc1C(=O)[O-].[Zn+2]. The molecule has 0 aliphatic rings. The largest absolute Gasteiger partial charge is 2.00 e. The summed E-state index contributed by atoms with van der Waals surface area (Å²) < 4.78 is 0. The first-order valence-corrected chi connectivity index (χ1v) is 10.7. The first-order valence-electron chi connectivity index (χ1n) is 5.88. The molecule has 114 valence electrons. The van der Waals surface area contributed by atoms with Crippen LogP contribution in [0.5, 0.6) is 0 Å². The van der Waals surface area contributed by atoms with E-state index in [1.165, 1.54) is 53.4 Å². The number of carbonyl (C=O) groups excluding carboxylic acids is 2. The molecule has 2 aromatic rings. The van der Waals surface area contributed by atoms with Crippen molar-refractivity contribution in [2.45, 2.75) is 9.79 Å². The Bertz CT molecular complexity index is 636. The van der Waals surface area contributed by atoms with Gasteiger partial charge in [0, 0.05) is 20.9 Å². The van der Waals surface area contributed by atoms with E-state index in [4.69, 9.17) is 0 Å². The molecule has 2 rings (SSSR count). The van der Waals surface area contributed by atoms with Gasteiger partial charge in [-0.15, -0.1) is 0 Å². The van der Waals surface area contributed by atoms with Crippen molar-refractivity contribution in [1.29, 1.82) is 0 Å². The molecule has 0 aliphatic heterocycles. The van der Waals surface area contributed by atoms with Crippen molar-refractivity contribution in [1.82, 2.24) is 0 Å². The fourth-order valence-corrected chi connectivity index (χ4v) is 7.27. The second-order valence-electron chi connectivity index (χ2n) is 3.87. The van der Waals surface area contributed by atoms with Gasteiger partial charge in [-0.1, -0.05) is 36.4 Å². The van der Waals surface area contributed by atoms with Crippen LogP contribution in [0.25, 0.3) is 0 Å². The van der Waals surface area contributed by atoms with Crippen LogP contribution in [0, 0.1) is 0 Å².